The first kappa shape index (κ1) is 16.3. The van der Waals surface area contributed by atoms with Crippen LogP contribution >= 0.6 is 15.9 Å². The number of benzene rings is 2. The van der Waals surface area contributed by atoms with Crippen LogP contribution in [0.5, 0.6) is 0 Å². The first-order valence-corrected chi connectivity index (χ1v) is 9.06. The summed E-state index contributed by atoms with van der Waals surface area (Å²) in [6.07, 6.45) is 2.24. The molecule has 0 saturated carbocycles. The van der Waals surface area contributed by atoms with Gasteiger partial charge in [-0.25, -0.2) is 0 Å². The maximum absolute atomic E-state index is 3.66. The third-order valence-electron chi connectivity index (χ3n) is 4.79. The highest BCUT2D eigenvalue weighted by atomic mass is 79.9. The van der Waals surface area contributed by atoms with Crippen molar-refractivity contribution in [1.82, 2.24) is 4.98 Å². The lowest BCUT2D eigenvalue weighted by Gasteiger charge is -2.23. The molecule has 120 valence electrons. The van der Waals surface area contributed by atoms with E-state index in [0.717, 1.165) is 10.9 Å². The Labute approximate surface area is 147 Å². The van der Waals surface area contributed by atoms with Crippen molar-refractivity contribution in [2.75, 3.05) is 0 Å². The number of hydrogen-bond acceptors (Lipinski definition) is 0. The van der Waals surface area contributed by atoms with Gasteiger partial charge in [0.1, 0.15) is 0 Å². The second-order valence-corrected chi connectivity index (χ2v) is 8.15. The van der Waals surface area contributed by atoms with Gasteiger partial charge in [-0.1, -0.05) is 66.9 Å². The lowest BCUT2D eigenvalue weighted by atomic mass is 9.82. The third-order valence-corrected chi connectivity index (χ3v) is 5.28. The molecule has 0 aliphatic carbocycles. The number of aryl methyl sites for hydroxylation is 1. The molecule has 0 aliphatic heterocycles. The smallest absolute Gasteiger partial charge is 0.0497 e. The molecule has 2 heteroatoms. The highest BCUT2D eigenvalue weighted by molar-refractivity contribution is 9.10. The van der Waals surface area contributed by atoms with Crippen molar-refractivity contribution >= 4 is 26.8 Å². The van der Waals surface area contributed by atoms with Crippen LogP contribution in [0.2, 0.25) is 0 Å². The van der Waals surface area contributed by atoms with E-state index in [1.54, 1.807) is 0 Å². The van der Waals surface area contributed by atoms with Crippen LogP contribution in [0, 0.1) is 12.3 Å². The summed E-state index contributed by atoms with van der Waals surface area (Å²) in [5, 5.41) is 1.33. The minimum absolute atomic E-state index is 0.288. The zero-order valence-corrected chi connectivity index (χ0v) is 15.9. The Kier molecular flexibility index (Phi) is 4.37. The summed E-state index contributed by atoms with van der Waals surface area (Å²) in [5.41, 5.74) is 6.77. The molecule has 0 radical (unpaired) electrons. The number of hydrogen-bond donors (Lipinski definition) is 1. The maximum atomic E-state index is 3.66. The van der Waals surface area contributed by atoms with E-state index >= 15 is 0 Å². The molecule has 23 heavy (non-hydrogen) atoms. The van der Waals surface area contributed by atoms with E-state index in [9.17, 15) is 0 Å². The average molecular weight is 370 g/mol. The zero-order valence-electron chi connectivity index (χ0n) is 14.3. The highest BCUT2D eigenvalue weighted by Crippen LogP contribution is 2.37. The van der Waals surface area contributed by atoms with E-state index in [1.165, 1.54) is 39.7 Å². The predicted molar refractivity (Wildman–Crippen MR) is 104 cm³/mol. The van der Waals surface area contributed by atoms with E-state index in [4.69, 9.17) is 0 Å². The summed E-state index contributed by atoms with van der Waals surface area (Å²) < 4.78 is 1.13. The van der Waals surface area contributed by atoms with E-state index in [0.29, 0.717) is 0 Å². The van der Waals surface area contributed by atoms with Gasteiger partial charge < -0.3 is 4.98 Å². The van der Waals surface area contributed by atoms with E-state index in [1.807, 2.05) is 0 Å². The summed E-state index contributed by atoms with van der Waals surface area (Å²) in [5.74, 6) is 0. The van der Waals surface area contributed by atoms with Crippen molar-refractivity contribution in [3.63, 3.8) is 0 Å². The van der Waals surface area contributed by atoms with Crippen molar-refractivity contribution < 1.29 is 0 Å². The Morgan fingerprint density at radius 2 is 1.87 bits per heavy atom. The highest BCUT2D eigenvalue weighted by Gasteiger charge is 2.22. The minimum atomic E-state index is 0.288. The van der Waals surface area contributed by atoms with Gasteiger partial charge in [0, 0.05) is 21.1 Å². The van der Waals surface area contributed by atoms with Gasteiger partial charge in [-0.2, -0.15) is 0 Å². The van der Waals surface area contributed by atoms with Crippen molar-refractivity contribution in [2.45, 2.75) is 40.5 Å². The van der Waals surface area contributed by atoms with Crippen LogP contribution in [0.1, 0.15) is 38.3 Å². The van der Waals surface area contributed by atoms with E-state index in [2.05, 4.69) is 91.1 Å². The van der Waals surface area contributed by atoms with Crippen molar-refractivity contribution in [1.29, 1.82) is 0 Å². The fraction of sp³-hybridized carbons (Fsp3) is 0.333. The van der Waals surface area contributed by atoms with Gasteiger partial charge in [0.2, 0.25) is 0 Å². The standard InChI is InChI=1S/C21H24BrN/c1-5-21(3,4)13-18-17-12-16(22)9-10-19(17)23-20(18)15-8-6-7-14(2)11-15/h6-12,23H,5,13H2,1-4H3. The molecule has 1 heterocycles. The number of fused-ring (bicyclic) bond motifs is 1. The molecule has 0 amide bonds. The molecule has 0 spiro atoms. The molecular weight excluding hydrogens is 346 g/mol. The monoisotopic (exact) mass is 369 g/mol. The second-order valence-electron chi connectivity index (χ2n) is 7.23. The number of halogens is 1. The topological polar surface area (TPSA) is 15.8 Å². The Morgan fingerprint density at radius 1 is 1.09 bits per heavy atom. The molecule has 3 aromatic rings. The quantitative estimate of drug-likeness (QED) is 0.515. The van der Waals surface area contributed by atoms with E-state index in [-0.39, 0.29) is 5.41 Å². The molecule has 0 saturated heterocycles. The first-order valence-electron chi connectivity index (χ1n) is 8.27. The van der Waals surface area contributed by atoms with Gasteiger partial charge in [0.05, 0.1) is 0 Å². The first-order chi connectivity index (χ1) is 10.9. The largest absolute Gasteiger partial charge is 0.354 e. The molecule has 0 aliphatic rings. The molecule has 0 fully saturated rings. The number of aromatic amines is 1. The Hall–Kier alpha value is -1.54. The van der Waals surface area contributed by atoms with Gasteiger partial charge in [0.25, 0.3) is 0 Å². The van der Waals surface area contributed by atoms with Crippen LogP contribution < -0.4 is 0 Å². The number of nitrogens with one attached hydrogen (secondary N) is 1. The molecule has 1 N–H and O–H groups in total. The normalized spacial score (nSPS) is 12.0. The molecular formula is C21H24BrN. The number of aromatic nitrogens is 1. The Balaban J connectivity index is 2.24. The van der Waals surface area contributed by atoms with Crippen molar-refractivity contribution in [3.05, 3.63) is 58.1 Å². The molecule has 0 bridgehead atoms. The SMILES string of the molecule is CCC(C)(C)Cc1c(-c2cccc(C)c2)[nH]c2ccc(Br)cc12. The molecule has 1 nitrogen and oxygen atoms in total. The average Bonchev–Trinajstić information content (AvgIpc) is 2.85. The summed E-state index contributed by atoms with van der Waals surface area (Å²) in [6, 6.07) is 15.3. The van der Waals surface area contributed by atoms with Gasteiger partial charge in [-0.15, -0.1) is 0 Å². The third kappa shape index (κ3) is 3.37. The van der Waals surface area contributed by atoms with Crippen molar-refractivity contribution in [3.8, 4) is 11.3 Å². The Morgan fingerprint density at radius 3 is 2.57 bits per heavy atom. The lowest BCUT2D eigenvalue weighted by molar-refractivity contribution is 0.350. The summed E-state index contributed by atoms with van der Waals surface area (Å²) in [6.45, 7) is 9.13. The molecule has 1 aromatic heterocycles. The second kappa shape index (κ2) is 6.16. The van der Waals surface area contributed by atoms with Crippen molar-refractivity contribution in [2.24, 2.45) is 5.41 Å². The number of H-pyrrole nitrogens is 1. The van der Waals surface area contributed by atoms with Crippen LogP contribution in [0.25, 0.3) is 22.2 Å². The van der Waals surface area contributed by atoms with Crippen LogP contribution in [0.4, 0.5) is 0 Å². The molecule has 0 atom stereocenters. The fourth-order valence-corrected chi connectivity index (χ4v) is 3.42. The molecule has 2 aromatic carbocycles. The fourth-order valence-electron chi connectivity index (χ4n) is 3.05. The van der Waals surface area contributed by atoms with Crippen LogP contribution in [-0.2, 0) is 6.42 Å². The Bertz CT molecular complexity index is 842. The van der Waals surface area contributed by atoms with Gasteiger partial charge in [-0.3, -0.25) is 0 Å². The van der Waals surface area contributed by atoms with Crippen LogP contribution in [0.3, 0.4) is 0 Å². The minimum Gasteiger partial charge on any atom is -0.354 e. The molecule has 0 unspecified atom stereocenters. The predicted octanol–water partition coefficient (Wildman–Crippen LogP) is 6.88. The summed E-state index contributed by atoms with van der Waals surface area (Å²) in [4.78, 5) is 3.66. The molecule has 3 rings (SSSR count). The zero-order chi connectivity index (χ0) is 16.6. The van der Waals surface area contributed by atoms with E-state index < -0.39 is 0 Å². The number of rotatable bonds is 4. The van der Waals surface area contributed by atoms with Crippen LogP contribution in [0.15, 0.2) is 46.9 Å². The summed E-state index contributed by atoms with van der Waals surface area (Å²) >= 11 is 3.63. The van der Waals surface area contributed by atoms with Gasteiger partial charge in [0.15, 0.2) is 0 Å². The van der Waals surface area contributed by atoms with Gasteiger partial charge in [-0.05, 0) is 54.2 Å². The summed E-state index contributed by atoms with van der Waals surface area (Å²) in [7, 11) is 0. The lowest BCUT2D eigenvalue weighted by Crippen LogP contribution is -2.13. The maximum Gasteiger partial charge on any atom is 0.0497 e. The van der Waals surface area contributed by atoms with Gasteiger partial charge >= 0.3 is 0 Å². The van der Waals surface area contributed by atoms with Crippen LogP contribution in [-0.4, -0.2) is 4.98 Å².